The number of rotatable bonds is 10. The Labute approximate surface area is 220 Å². The molecule has 1 saturated carbocycles. The number of methoxy groups -OCH3 is 1. The van der Waals surface area contributed by atoms with Crippen molar-refractivity contribution in [3.8, 4) is 5.75 Å². The molecular weight excluding hydrogens is 468 g/mol. The Balaban J connectivity index is 1.93. The minimum absolute atomic E-state index is 0.142. The minimum Gasteiger partial charge on any atom is -0.495 e. The molecule has 1 aromatic carbocycles. The summed E-state index contributed by atoms with van der Waals surface area (Å²) in [5, 5.41) is 15.7. The number of anilines is 1. The van der Waals surface area contributed by atoms with Crippen molar-refractivity contribution in [1.82, 2.24) is 5.32 Å². The first-order valence-corrected chi connectivity index (χ1v) is 13.4. The van der Waals surface area contributed by atoms with Crippen LogP contribution in [0.15, 0.2) is 45.7 Å². The molecule has 37 heavy (non-hydrogen) atoms. The van der Waals surface area contributed by atoms with E-state index in [0.29, 0.717) is 40.7 Å². The summed E-state index contributed by atoms with van der Waals surface area (Å²) in [7, 11) is 3.12. The molecule has 1 aliphatic heterocycles. The third-order valence-corrected chi connectivity index (χ3v) is 7.58. The molecule has 2 amide bonds. The van der Waals surface area contributed by atoms with Crippen LogP contribution in [0, 0.1) is 5.92 Å². The standard InChI is InChI=1S/C29H42N4O4/c1-5-22-18(2)9-15-23(27(30)35)28(32-24(22)8-6-7-19-10-13-21(34)14-11-19)33-25-16-12-20(29(36)31-3)17-26(25)37-4/h12,16-17,19,21,33-34H,5-11,13-15H2,1-4H3,(H2,30,35)(H,31,36). The largest absolute Gasteiger partial charge is 0.495 e. The van der Waals surface area contributed by atoms with Crippen LogP contribution in [0.4, 0.5) is 5.69 Å². The van der Waals surface area contributed by atoms with Gasteiger partial charge in [0.2, 0.25) is 5.91 Å². The van der Waals surface area contributed by atoms with Crippen LogP contribution in [0.5, 0.6) is 5.75 Å². The maximum atomic E-state index is 12.5. The number of allylic oxidation sites excluding steroid dienone is 2. The van der Waals surface area contributed by atoms with Crippen molar-refractivity contribution < 1.29 is 19.4 Å². The summed E-state index contributed by atoms with van der Waals surface area (Å²) in [6, 6.07) is 5.11. The van der Waals surface area contributed by atoms with E-state index in [-0.39, 0.29) is 12.0 Å². The van der Waals surface area contributed by atoms with E-state index in [0.717, 1.165) is 63.5 Å². The van der Waals surface area contributed by atoms with E-state index in [1.54, 1.807) is 25.2 Å². The third kappa shape index (κ3) is 7.44. The average molecular weight is 511 g/mol. The molecule has 0 spiro atoms. The third-order valence-electron chi connectivity index (χ3n) is 7.58. The van der Waals surface area contributed by atoms with E-state index in [4.69, 9.17) is 15.5 Å². The number of nitrogens with zero attached hydrogens (tertiary/aromatic N) is 1. The number of amides is 2. The van der Waals surface area contributed by atoms with Gasteiger partial charge in [-0.1, -0.05) is 18.9 Å². The first-order chi connectivity index (χ1) is 17.8. The Morgan fingerprint density at radius 2 is 1.92 bits per heavy atom. The quantitative estimate of drug-likeness (QED) is 0.358. The van der Waals surface area contributed by atoms with Crippen LogP contribution in [0.3, 0.4) is 0 Å². The Morgan fingerprint density at radius 3 is 2.54 bits per heavy atom. The van der Waals surface area contributed by atoms with Crippen molar-refractivity contribution in [2.75, 3.05) is 19.5 Å². The Morgan fingerprint density at radius 1 is 1.19 bits per heavy atom. The van der Waals surface area contributed by atoms with Gasteiger partial charge in [-0.15, -0.1) is 0 Å². The molecule has 1 aliphatic carbocycles. The normalized spacial score (nSPS) is 20.6. The van der Waals surface area contributed by atoms with Crippen LogP contribution >= 0.6 is 0 Å². The van der Waals surface area contributed by atoms with E-state index < -0.39 is 5.91 Å². The molecule has 2 aliphatic rings. The topological polar surface area (TPSA) is 126 Å². The molecule has 0 saturated heterocycles. The molecule has 1 heterocycles. The molecule has 1 fully saturated rings. The number of aliphatic hydroxyl groups excluding tert-OH is 1. The minimum atomic E-state index is -0.500. The maximum Gasteiger partial charge on any atom is 0.251 e. The zero-order valence-electron chi connectivity index (χ0n) is 22.7. The molecule has 202 valence electrons. The summed E-state index contributed by atoms with van der Waals surface area (Å²) >= 11 is 0. The number of nitrogens with one attached hydrogen (secondary N) is 2. The van der Waals surface area contributed by atoms with Crippen LogP contribution in [0.1, 0.15) is 88.4 Å². The van der Waals surface area contributed by atoms with Gasteiger partial charge in [0, 0.05) is 18.3 Å². The lowest BCUT2D eigenvalue weighted by Gasteiger charge is -2.26. The van der Waals surface area contributed by atoms with Crippen molar-refractivity contribution >= 4 is 23.2 Å². The van der Waals surface area contributed by atoms with Gasteiger partial charge in [0.15, 0.2) is 0 Å². The van der Waals surface area contributed by atoms with Gasteiger partial charge in [0.1, 0.15) is 11.6 Å². The van der Waals surface area contributed by atoms with Gasteiger partial charge in [-0.05, 0) is 94.4 Å². The van der Waals surface area contributed by atoms with E-state index in [2.05, 4.69) is 24.5 Å². The zero-order chi connectivity index (χ0) is 26.9. The molecule has 0 bridgehead atoms. The highest BCUT2D eigenvalue weighted by Gasteiger charge is 2.23. The van der Waals surface area contributed by atoms with E-state index >= 15 is 0 Å². The smallest absolute Gasteiger partial charge is 0.251 e. The Bertz CT molecular complexity index is 1080. The first-order valence-electron chi connectivity index (χ1n) is 13.4. The molecule has 8 heteroatoms. The second kappa shape index (κ2) is 13.4. The van der Waals surface area contributed by atoms with Gasteiger partial charge >= 0.3 is 0 Å². The predicted octanol–water partition coefficient (Wildman–Crippen LogP) is 4.85. The fraction of sp³-hybridized carbons (Fsp3) is 0.552. The van der Waals surface area contributed by atoms with E-state index in [9.17, 15) is 14.7 Å². The number of nitrogens with two attached hydrogens (primary N) is 1. The number of carbonyl (C=O) groups excluding carboxylic acids is 2. The van der Waals surface area contributed by atoms with Crippen molar-refractivity contribution in [3.05, 3.63) is 46.3 Å². The Hall–Kier alpha value is -3.13. The van der Waals surface area contributed by atoms with Gasteiger partial charge < -0.3 is 26.2 Å². The van der Waals surface area contributed by atoms with Gasteiger partial charge in [0.05, 0.1) is 24.5 Å². The fourth-order valence-corrected chi connectivity index (χ4v) is 5.35. The van der Waals surface area contributed by atoms with Gasteiger partial charge in [-0.2, -0.15) is 0 Å². The highest BCUT2D eigenvalue weighted by Crippen LogP contribution is 2.33. The van der Waals surface area contributed by atoms with E-state index in [1.807, 2.05) is 0 Å². The summed E-state index contributed by atoms with van der Waals surface area (Å²) < 4.78 is 5.54. The van der Waals surface area contributed by atoms with Crippen LogP contribution in [-0.4, -0.2) is 42.9 Å². The zero-order valence-corrected chi connectivity index (χ0v) is 22.7. The summed E-state index contributed by atoms with van der Waals surface area (Å²) in [6.07, 6.45) is 8.80. The Kier molecular flexibility index (Phi) is 10.3. The lowest BCUT2D eigenvalue weighted by Crippen LogP contribution is -2.21. The molecule has 0 radical (unpaired) electrons. The molecular formula is C29H42N4O4. The van der Waals surface area contributed by atoms with Gasteiger partial charge in [-0.25, -0.2) is 4.99 Å². The number of carbonyl (C=O) groups is 2. The summed E-state index contributed by atoms with van der Waals surface area (Å²) in [5.74, 6) is 0.838. The maximum absolute atomic E-state index is 12.5. The molecule has 3 rings (SSSR count). The summed E-state index contributed by atoms with van der Waals surface area (Å²) in [6.45, 7) is 4.26. The molecule has 8 nitrogen and oxygen atoms in total. The first kappa shape index (κ1) is 28.4. The number of aliphatic hydroxyl groups is 1. The molecule has 0 unspecified atom stereocenters. The predicted molar refractivity (Wildman–Crippen MR) is 148 cm³/mol. The number of aliphatic imine (C=N–C) groups is 1. The highest BCUT2D eigenvalue weighted by atomic mass is 16.5. The molecule has 0 atom stereocenters. The molecule has 5 N–H and O–H groups in total. The van der Waals surface area contributed by atoms with Crippen LogP contribution in [0.25, 0.3) is 0 Å². The number of hydrogen-bond donors (Lipinski definition) is 4. The molecule has 1 aromatic rings. The van der Waals surface area contributed by atoms with Crippen LogP contribution in [0.2, 0.25) is 0 Å². The lowest BCUT2D eigenvalue weighted by atomic mass is 9.83. The van der Waals surface area contributed by atoms with Crippen LogP contribution < -0.4 is 21.1 Å². The summed E-state index contributed by atoms with van der Waals surface area (Å²) in [5.41, 5.74) is 10.8. The van der Waals surface area contributed by atoms with Gasteiger partial charge in [-0.3, -0.25) is 9.59 Å². The van der Waals surface area contributed by atoms with Crippen molar-refractivity contribution in [1.29, 1.82) is 0 Å². The van der Waals surface area contributed by atoms with Crippen molar-refractivity contribution in [3.63, 3.8) is 0 Å². The van der Waals surface area contributed by atoms with Crippen molar-refractivity contribution in [2.24, 2.45) is 16.6 Å². The number of primary amides is 1. The SMILES string of the molecule is CCC1=C(C)CCC(C(N)=O)=C(Nc2ccc(C(=O)NC)cc2OC)N=C1CCCC1CCC(O)CC1. The average Bonchev–Trinajstić information content (AvgIpc) is 2.88. The fourth-order valence-electron chi connectivity index (χ4n) is 5.35. The monoisotopic (exact) mass is 510 g/mol. The second-order valence-electron chi connectivity index (χ2n) is 10.0. The number of ether oxygens (including phenoxy) is 1. The molecule has 0 aromatic heterocycles. The van der Waals surface area contributed by atoms with E-state index in [1.165, 1.54) is 18.3 Å². The summed E-state index contributed by atoms with van der Waals surface area (Å²) in [4.78, 5) is 29.6. The lowest BCUT2D eigenvalue weighted by molar-refractivity contribution is -0.114. The number of benzene rings is 1. The van der Waals surface area contributed by atoms with Crippen LogP contribution in [-0.2, 0) is 4.79 Å². The highest BCUT2D eigenvalue weighted by molar-refractivity contribution is 6.03. The second-order valence-corrected chi connectivity index (χ2v) is 10.0. The van der Waals surface area contributed by atoms with Crippen molar-refractivity contribution in [2.45, 2.75) is 84.2 Å². The van der Waals surface area contributed by atoms with Gasteiger partial charge in [0.25, 0.3) is 5.91 Å². The number of hydrogen-bond acceptors (Lipinski definition) is 6.